The summed E-state index contributed by atoms with van der Waals surface area (Å²) in [6, 6.07) is 0. The summed E-state index contributed by atoms with van der Waals surface area (Å²) < 4.78 is 2.09. The first-order valence-electron chi connectivity index (χ1n) is 6.71. The van der Waals surface area contributed by atoms with Crippen LogP contribution in [0, 0.1) is 0 Å². The second-order valence-corrected chi connectivity index (χ2v) is 5.37. The number of aromatic nitrogens is 2. The lowest BCUT2D eigenvalue weighted by Crippen LogP contribution is -2.47. The SMILES string of the molecule is C=CCn1ccnc1NCC1(N(C)C)CCCC1. The molecule has 4 heteroatoms. The highest BCUT2D eigenvalue weighted by Crippen LogP contribution is 2.33. The van der Waals surface area contributed by atoms with Crippen molar-refractivity contribution in [3.8, 4) is 0 Å². The molecule has 0 radical (unpaired) electrons. The molecule has 0 bridgehead atoms. The van der Waals surface area contributed by atoms with Crippen LogP contribution in [0.2, 0.25) is 0 Å². The number of allylic oxidation sites excluding steroid dienone is 1. The lowest BCUT2D eigenvalue weighted by molar-refractivity contribution is 0.172. The number of rotatable bonds is 6. The Morgan fingerprint density at radius 3 is 2.83 bits per heavy atom. The van der Waals surface area contributed by atoms with Crippen LogP contribution in [0.4, 0.5) is 5.95 Å². The van der Waals surface area contributed by atoms with Gasteiger partial charge in [0.25, 0.3) is 0 Å². The van der Waals surface area contributed by atoms with E-state index in [0.29, 0.717) is 5.54 Å². The molecular weight excluding hydrogens is 224 g/mol. The second kappa shape index (κ2) is 5.57. The van der Waals surface area contributed by atoms with Crippen LogP contribution in [-0.2, 0) is 6.54 Å². The molecule has 100 valence electrons. The van der Waals surface area contributed by atoms with Gasteiger partial charge in [-0.15, -0.1) is 6.58 Å². The van der Waals surface area contributed by atoms with E-state index in [1.54, 1.807) is 0 Å². The van der Waals surface area contributed by atoms with Crippen molar-refractivity contribution in [2.24, 2.45) is 0 Å². The maximum atomic E-state index is 4.37. The molecule has 1 N–H and O–H groups in total. The Bertz CT molecular complexity index is 388. The van der Waals surface area contributed by atoms with Gasteiger partial charge in [-0.2, -0.15) is 0 Å². The van der Waals surface area contributed by atoms with Crippen molar-refractivity contribution in [3.63, 3.8) is 0 Å². The van der Waals surface area contributed by atoms with E-state index in [1.807, 2.05) is 18.5 Å². The molecule has 1 aliphatic carbocycles. The van der Waals surface area contributed by atoms with E-state index in [-0.39, 0.29) is 0 Å². The summed E-state index contributed by atoms with van der Waals surface area (Å²) in [7, 11) is 4.37. The predicted molar refractivity (Wildman–Crippen MR) is 75.8 cm³/mol. The highest BCUT2D eigenvalue weighted by Gasteiger charge is 2.35. The first-order valence-corrected chi connectivity index (χ1v) is 6.71. The average Bonchev–Trinajstić information content (AvgIpc) is 2.96. The van der Waals surface area contributed by atoms with Crippen molar-refractivity contribution in [2.75, 3.05) is 26.0 Å². The van der Waals surface area contributed by atoms with Crippen LogP contribution >= 0.6 is 0 Å². The molecule has 1 saturated carbocycles. The summed E-state index contributed by atoms with van der Waals surface area (Å²) in [4.78, 5) is 6.74. The fraction of sp³-hybridized carbons (Fsp3) is 0.643. The largest absolute Gasteiger partial charge is 0.354 e. The Morgan fingerprint density at radius 1 is 1.50 bits per heavy atom. The molecule has 2 rings (SSSR count). The third kappa shape index (κ3) is 2.58. The minimum Gasteiger partial charge on any atom is -0.354 e. The van der Waals surface area contributed by atoms with Crippen molar-refractivity contribution in [1.82, 2.24) is 14.5 Å². The van der Waals surface area contributed by atoms with E-state index in [9.17, 15) is 0 Å². The van der Waals surface area contributed by atoms with Gasteiger partial charge in [-0.05, 0) is 26.9 Å². The molecule has 1 aliphatic rings. The van der Waals surface area contributed by atoms with Gasteiger partial charge in [0.05, 0.1) is 0 Å². The molecule has 0 amide bonds. The van der Waals surface area contributed by atoms with Crippen molar-refractivity contribution < 1.29 is 0 Å². The number of likely N-dealkylation sites (N-methyl/N-ethyl adjacent to an activating group) is 1. The number of nitrogens with zero attached hydrogens (tertiary/aromatic N) is 3. The van der Waals surface area contributed by atoms with E-state index in [2.05, 4.69) is 40.4 Å². The molecule has 1 heterocycles. The Morgan fingerprint density at radius 2 is 2.22 bits per heavy atom. The number of nitrogens with one attached hydrogen (secondary N) is 1. The average molecular weight is 248 g/mol. The third-order valence-electron chi connectivity index (χ3n) is 4.10. The van der Waals surface area contributed by atoms with Gasteiger partial charge >= 0.3 is 0 Å². The smallest absolute Gasteiger partial charge is 0.203 e. The summed E-state index contributed by atoms with van der Waals surface area (Å²) >= 11 is 0. The number of hydrogen-bond acceptors (Lipinski definition) is 3. The van der Waals surface area contributed by atoms with Gasteiger partial charge in [-0.1, -0.05) is 18.9 Å². The van der Waals surface area contributed by atoms with Crippen LogP contribution in [0.5, 0.6) is 0 Å². The number of imidazole rings is 1. The van der Waals surface area contributed by atoms with E-state index < -0.39 is 0 Å². The zero-order valence-corrected chi connectivity index (χ0v) is 11.5. The van der Waals surface area contributed by atoms with Crippen LogP contribution in [0.3, 0.4) is 0 Å². The van der Waals surface area contributed by atoms with Crippen molar-refractivity contribution >= 4 is 5.95 Å². The fourth-order valence-corrected chi connectivity index (χ4v) is 2.82. The van der Waals surface area contributed by atoms with Crippen LogP contribution in [-0.4, -0.2) is 40.6 Å². The lowest BCUT2D eigenvalue weighted by Gasteiger charge is -2.36. The molecule has 1 aromatic rings. The Labute approximate surface area is 110 Å². The van der Waals surface area contributed by atoms with Crippen LogP contribution in [0.15, 0.2) is 25.0 Å². The predicted octanol–water partition coefficient (Wildman–Crippen LogP) is 2.36. The van der Waals surface area contributed by atoms with Gasteiger partial charge in [-0.3, -0.25) is 0 Å². The maximum absolute atomic E-state index is 4.37. The molecule has 18 heavy (non-hydrogen) atoms. The molecule has 0 unspecified atom stereocenters. The maximum Gasteiger partial charge on any atom is 0.203 e. The minimum atomic E-state index is 0.297. The summed E-state index contributed by atoms with van der Waals surface area (Å²) in [5.74, 6) is 0.947. The summed E-state index contributed by atoms with van der Waals surface area (Å²) in [5.41, 5.74) is 0.297. The molecular formula is C14H24N4. The second-order valence-electron chi connectivity index (χ2n) is 5.37. The van der Waals surface area contributed by atoms with Crippen LogP contribution in [0.25, 0.3) is 0 Å². The molecule has 1 fully saturated rings. The lowest BCUT2D eigenvalue weighted by atomic mass is 9.96. The molecule has 0 saturated heterocycles. The molecule has 4 nitrogen and oxygen atoms in total. The van der Waals surface area contributed by atoms with Gasteiger partial charge in [0.1, 0.15) is 0 Å². The van der Waals surface area contributed by atoms with Crippen molar-refractivity contribution in [2.45, 2.75) is 37.8 Å². The normalized spacial score (nSPS) is 18.2. The van der Waals surface area contributed by atoms with Crippen molar-refractivity contribution in [3.05, 3.63) is 25.0 Å². The van der Waals surface area contributed by atoms with E-state index in [1.165, 1.54) is 25.7 Å². The summed E-state index contributed by atoms with van der Waals surface area (Å²) in [6.07, 6.45) is 10.9. The fourth-order valence-electron chi connectivity index (χ4n) is 2.82. The van der Waals surface area contributed by atoms with Crippen LogP contribution in [0.1, 0.15) is 25.7 Å². The molecule has 0 atom stereocenters. The number of hydrogen-bond donors (Lipinski definition) is 1. The highest BCUT2D eigenvalue weighted by atomic mass is 15.2. The zero-order valence-electron chi connectivity index (χ0n) is 11.5. The van der Waals surface area contributed by atoms with Crippen molar-refractivity contribution in [1.29, 1.82) is 0 Å². The van der Waals surface area contributed by atoms with Gasteiger partial charge < -0.3 is 14.8 Å². The Hall–Kier alpha value is -1.29. The monoisotopic (exact) mass is 248 g/mol. The van der Waals surface area contributed by atoms with E-state index in [0.717, 1.165) is 19.0 Å². The summed E-state index contributed by atoms with van der Waals surface area (Å²) in [5, 5.41) is 3.50. The topological polar surface area (TPSA) is 33.1 Å². The summed E-state index contributed by atoms with van der Waals surface area (Å²) in [6.45, 7) is 5.54. The Balaban J connectivity index is 2.01. The van der Waals surface area contributed by atoms with Gasteiger partial charge in [-0.25, -0.2) is 4.98 Å². The van der Waals surface area contributed by atoms with Gasteiger partial charge in [0.2, 0.25) is 5.95 Å². The quantitative estimate of drug-likeness (QED) is 0.785. The molecule has 1 aromatic heterocycles. The zero-order chi connectivity index (χ0) is 13.0. The standard InChI is InChI=1S/C14H24N4/c1-4-10-18-11-9-15-13(18)16-12-14(17(2)3)7-5-6-8-14/h4,9,11H,1,5-8,10,12H2,2-3H3,(H,15,16). The third-order valence-corrected chi connectivity index (χ3v) is 4.10. The van der Waals surface area contributed by atoms with Gasteiger partial charge in [0.15, 0.2) is 0 Å². The van der Waals surface area contributed by atoms with E-state index in [4.69, 9.17) is 0 Å². The van der Waals surface area contributed by atoms with Crippen LogP contribution < -0.4 is 5.32 Å². The molecule has 0 aromatic carbocycles. The highest BCUT2D eigenvalue weighted by molar-refractivity contribution is 5.27. The molecule has 0 spiro atoms. The number of anilines is 1. The van der Waals surface area contributed by atoms with Gasteiger partial charge in [0, 0.05) is 31.0 Å². The van der Waals surface area contributed by atoms with E-state index >= 15 is 0 Å². The molecule has 0 aliphatic heterocycles. The Kier molecular flexibility index (Phi) is 4.07. The minimum absolute atomic E-state index is 0.297. The first kappa shape index (κ1) is 13.1. The first-order chi connectivity index (χ1) is 8.68.